The van der Waals surface area contributed by atoms with Crippen molar-refractivity contribution in [1.29, 1.82) is 0 Å². The molecular formula is C20H34. The van der Waals surface area contributed by atoms with Crippen molar-refractivity contribution in [3.63, 3.8) is 0 Å². The molecule has 0 saturated heterocycles. The van der Waals surface area contributed by atoms with Crippen molar-refractivity contribution in [3.05, 3.63) is 72.9 Å². The Bertz CT molecular complexity index is 335. The SMILES string of the molecule is C=C/C=C(\C=C/C)C(C)/C(C=C)=C/C=C\C.CC.CC. The van der Waals surface area contributed by atoms with Crippen molar-refractivity contribution in [1.82, 2.24) is 0 Å². The average molecular weight is 274 g/mol. The lowest BCUT2D eigenvalue weighted by molar-refractivity contribution is 0.848. The van der Waals surface area contributed by atoms with Crippen LogP contribution >= 0.6 is 0 Å². The molecule has 0 aromatic rings. The van der Waals surface area contributed by atoms with E-state index in [1.165, 1.54) is 11.1 Å². The molecule has 0 rings (SSSR count). The van der Waals surface area contributed by atoms with Crippen molar-refractivity contribution >= 4 is 0 Å². The highest BCUT2D eigenvalue weighted by Crippen LogP contribution is 2.22. The zero-order valence-electron chi connectivity index (χ0n) is 14.6. The highest BCUT2D eigenvalue weighted by molar-refractivity contribution is 5.37. The van der Waals surface area contributed by atoms with Gasteiger partial charge in [-0.1, -0.05) is 96.4 Å². The third kappa shape index (κ3) is 11.5. The molecule has 0 amide bonds. The van der Waals surface area contributed by atoms with E-state index >= 15 is 0 Å². The van der Waals surface area contributed by atoms with Crippen molar-refractivity contribution in [2.45, 2.75) is 48.5 Å². The topological polar surface area (TPSA) is 0 Å². The molecule has 0 aliphatic heterocycles. The maximum atomic E-state index is 3.86. The minimum atomic E-state index is 0.336. The highest BCUT2D eigenvalue weighted by Gasteiger charge is 2.07. The molecule has 0 N–H and O–H groups in total. The summed E-state index contributed by atoms with van der Waals surface area (Å²) in [6.45, 7) is 21.8. The average Bonchev–Trinajstić information content (AvgIpc) is 2.51. The van der Waals surface area contributed by atoms with E-state index in [2.05, 4.69) is 32.2 Å². The number of hydrogen-bond acceptors (Lipinski definition) is 0. The molecule has 0 heteroatoms. The molecule has 20 heavy (non-hydrogen) atoms. The summed E-state index contributed by atoms with van der Waals surface area (Å²) in [4.78, 5) is 0. The Morgan fingerprint density at radius 1 is 0.850 bits per heavy atom. The van der Waals surface area contributed by atoms with Crippen LogP contribution in [0.2, 0.25) is 0 Å². The fourth-order valence-electron chi connectivity index (χ4n) is 1.46. The third-order valence-electron chi connectivity index (χ3n) is 2.39. The van der Waals surface area contributed by atoms with Gasteiger partial charge in [-0.2, -0.15) is 0 Å². The number of allylic oxidation sites excluding steroid dienone is 10. The number of rotatable bonds is 6. The molecule has 0 spiro atoms. The minimum Gasteiger partial charge on any atom is -0.0991 e. The van der Waals surface area contributed by atoms with Crippen molar-refractivity contribution in [2.24, 2.45) is 5.92 Å². The molecule has 0 nitrogen and oxygen atoms in total. The first-order valence-electron chi connectivity index (χ1n) is 7.61. The van der Waals surface area contributed by atoms with Crippen LogP contribution in [0.3, 0.4) is 0 Å². The normalized spacial score (nSPS) is 13.2. The van der Waals surface area contributed by atoms with Gasteiger partial charge in [0.2, 0.25) is 0 Å². The monoisotopic (exact) mass is 274 g/mol. The molecule has 0 radical (unpaired) electrons. The summed E-state index contributed by atoms with van der Waals surface area (Å²) < 4.78 is 0. The summed E-state index contributed by atoms with van der Waals surface area (Å²) in [5.41, 5.74) is 2.46. The number of hydrogen-bond donors (Lipinski definition) is 0. The van der Waals surface area contributed by atoms with E-state index in [1.54, 1.807) is 0 Å². The van der Waals surface area contributed by atoms with Crippen LogP contribution in [0.25, 0.3) is 0 Å². The Kier molecular flexibility index (Phi) is 23.3. The zero-order chi connectivity index (χ0) is 16.4. The second-order valence-corrected chi connectivity index (χ2v) is 3.52. The predicted octanol–water partition coefficient (Wildman–Crippen LogP) is 7.05. The summed E-state index contributed by atoms with van der Waals surface area (Å²) >= 11 is 0. The molecule has 0 fully saturated rings. The maximum absolute atomic E-state index is 3.86. The van der Waals surface area contributed by atoms with Gasteiger partial charge in [-0.05, 0) is 25.0 Å². The smallest absolute Gasteiger partial charge is 0.00606 e. The van der Waals surface area contributed by atoms with Crippen LogP contribution in [-0.2, 0) is 0 Å². The second kappa shape index (κ2) is 19.8. The van der Waals surface area contributed by atoms with E-state index in [1.807, 2.05) is 78.0 Å². The third-order valence-corrected chi connectivity index (χ3v) is 2.39. The molecule has 1 atom stereocenters. The lowest BCUT2D eigenvalue weighted by Crippen LogP contribution is -1.99. The summed E-state index contributed by atoms with van der Waals surface area (Å²) in [6.07, 6.45) is 16.1. The highest BCUT2D eigenvalue weighted by atomic mass is 14.1. The van der Waals surface area contributed by atoms with Gasteiger partial charge in [-0.15, -0.1) is 0 Å². The molecule has 0 saturated carbocycles. The van der Waals surface area contributed by atoms with Gasteiger partial charge in [-0.25, -0.2) is 0 Å². The van der Waals surface area contributed by atoms with Gasteiger partial charge in [0.15, 0.2) is 0 Å². The van der Waals surface area contributed by atoms with Gasteiger partial charge in [0.25, 0.3) is 0 Å². The van der Waals surface area contributed by atoms with E-state index in [9.17, 15) is 0 Å². The summed E-state index contributed by atoms with van der Waals surface area (Å²) in [5.74, 6) is 0.336. The van der Waals surface area contributed by atoms with Crippen LogP contribution in [0.1, 0.15) is 48.5 Å². The van der Waals surface area contributed by atoms with Crippen LogP contribution < -0.4 is 0 Å². The Balaban J connectivity index is -0.000000656. The molecule has 1 unspecified atom stereocenters. The van der Waals surface area contributed by atoms with Crippen molar-refractivity contribution in [3.8, 4) is 0 Å². The standard InChI is InChI=1S/C16H22.2C2H6/c1-6-10-13-15(9-4)14(5)16(11-7-2)12-8-3;2*1-2/h6-14H,2,4H2,1,3,5H3;2*1-2H3/b10-6-,12-8-,15-13+,16-11+;;. The van der Waals surface area contributed by atoms with Crippen LogP contribution in [0.5, 0.6) is 0 Å². The van der Waals surface area contributed by atoms with E-state index < -0.39 is 0 Å². The summed E-state index contributed by atoms with van der Waals surface area (Å²) in [7, 11) is 0. The molecule has 0 bridgehead atoms. The van der Waals surface area contributed by atoms with E-state index in [0.717, 1.165) is 0 Å². The quantitative estimate of drug-likeness (QED) is 0.455. The molecule has 0 aromatic heterocycles. The van der Waals surface area contributed by atoms with Gasteiger partial charge in [0.05, 0.1) is 0 Å². The summed E-state index contributed by atoms with van der Waals surface area (Å²) in [5, 5.41) is 0. The van der Waals surface area contributed by atoms with Crippen molar-refractivity contribution < 1.29 is 0 Å². The molecule has 0 aliphatic rings. The Hall–Kier alpha value is -1.56. The molecule has 0 aliphatic carbocycles. The first-order chi connectivity index (χ1) is 9.71. The molecule has 114 valence electrons. The predicted molar refractivity (Wildman–Crippen MR) is 98.0 cm³/mol. The van der Waals surface area contributed by atoms with Crippen LogP contribution in [0, 0.1) is 5.92 Å². The fraction of sp³-hybridized carbons (Fsp3) is 0.400. The fourth-order valence-corrected chi connectivity index (χ4v) is 1.46. The van der Waals surface area contributed by atoms with E-state index in [4.69, 9.17) is 0 Å². The van der Waals surface area contributed by atoms with Gasteiger partial charge in [0.1, 0.15) is 0 Å². The largest absolute Gasteiger partial charge is 0.0991 e. The van der Waals surface area contributed by atoms with Crippen LogP contribution in [0.15, 0.2) is 72.9 Å². The second-order valence-electron chi connectivity index (χ2n) is 3.52. The van der Waals surface area contributed by atoms with E-state index in [0.29, 0.717) is 5.92 Å². The maximum Gasteiger partial charge on any atom is 0.00606 e. The van der Waals surface area contributed by atoms with Crippen molar-refractivity contribution in [2.75, 3.05) is 0 Å². The van der Waals surface area contributed by atoms with Crippen LogP contribution in [-0.4, -0.2) is 0 Å². The first kappa shape index (κ1) is 23.5. The lowest BCUT2D eigenvalue weighted by Gasteiger charge is -2.13. The summed E-state index contributed by atoms with van der Waals surface area (Å²) in [6, 6.07) is 0. The van der Waals surface area contributed by atoms with Gasteiger partial charge >= 0.3 is 0 Å². The molecular weight excluding hydrogens is 240 g/mol. The molecule has 0 aromatic carbocycles. The van der Waals surface area contributed by atoms with Gasteiger partial charge < -0.3 is 0 Å². The van der Waals surface area contributed by atoms with Gasteiger partial charge in [-0.3, -0.25) is 0 Å². The zero-order valence-corrected chi connectivity index (χ0v) is 14.6. The molecule has 0 heterocycles. The lowest BCUT2D eigenvalue weighted by atomic mass is 9.91. The Morgan fingerprint density at radius 2 is 1.40 bits per heavy atom. The van der Waals surface area contributed by atoms with E-state index in [-0.39, 0.29) is 0 Å². The van der Waals surface area contributed by atoms with Gasteiger partial charge in [0, 0.05) is 5.92 Å². The first-order valence-corrected chi connectivity index (χ1v) is 7.61. The minimum absolute atomic E-state index is 0.336. The van der Waals surface area contributed by atoms with Crippen LogP contribution in [0.4, 0.5) is 0 Å². The Morgan fingerprint density at radius 3 is 1.75 bits per heavy atom. The Labute approximate surface area is 128 Å².